The summed E-state index contributed by atoms with van der Waals surface area (Å²) in [6, 6.07) is 14.2. The number of rotatable bonds is 6. The number of aryl methyl sites for hydroxylation is 1. The van der Waals surface area contributed by atoms with Crippen LogP contribution in [-0.2, 0) is 11.3 Å². The van der Waals surface area contributed by atoms with Crippen LogP contribution in [0.1, 0.15) is 24.0 Å². The number of hydrogen-bond acceptors (Lipinski definition) is 3. The fourth-order valence-electron chi connectivity index (χ4n) is 2.58. The Hall–Kier alpha value is -1.71. The van der Waals surface area contributed by atoms with Crippen LogP contribution in [-0.4, -0.2) is 19.3 Å². The fourth-order valence-corrected chi connectivity index (χ4v) is 2.76. The molecule has 1 fully saturated rings. The molecule has 3 rings (SSSR count). The third-order valence-corrected chi connectivity index (χ3v) is 4.46. The first kappa shape index (κ1) is 16.2. The second kappa shape index (κ2) is 7.71. The number of hydrogen-bond donors (Lipinski definition) is 1. The molecule has 1 heterocycles. The number of halogens is 1. The molecular weight excluding hydrogens is 310 g/mol. The van der Waals surface area contributed by atoms with Gasteiger partial charge in [0, 0.05) is 23.9 Å². The van der Waals surface area contributed by atoms with Crippen LogP contribution in [0.15, 0.2) is 42.5 Å². The van der Waals surface area contributed by atoms with Gasteiger partial charge in [-0.2, -0.15) is 0 Å². The number of benzene rings is 2. The standard InChI is InChI=1S/C19H22ClNO2/c1-14-4-7-16(11-19(14)20)21-12-15-5-8-17(9-6-15)23-13-18-3-2-10-22-18/h4-9,11,18,21H,2-3,10,12-13H2,1H3. The molecule has 0 aliphatic carbocycles. The minimum atomic E-state index is 0.252. The molecule has 0 spiro atoms. The summed E-state index contributed by atoms with van der Waals surface area (Å²) in [4.78, 5) is 0. The number of ether oxygens (including phenoxy) is 2. The van der Waals surface area contributed by atoms with E-state index in [1.165, 1.54) is 5.56 Å². The smallest absolute Gasteiger partial charge is 0.119 e. The average molecular weight is 332 g/mol. The average Bonchev–Trinajstić information content (AvgIpc) is 3.08. The lowest BCUT2D eigenvalue weighted by atomic mass is 10.2. The highest BCUT2D eigenvalue weighted by molar-refractivity contribution is 6.31. The maximum absolute atomic E-state index is 6.14. The van der Waals surface area contributed by atoms with Crippen molar-refractivity contribution in [2.45, 2.75) is 32.4 Å². The first-order valence-electron chi connectivity index (χ1n) is 8.04. The molecule has 0 bridgehead atoms. The van der Waals surface area contributed by atoms with Crippen LogP contribution >= 0.6 is 11.6 Å². The molecule has 0 aromatic heterocycles. The van der Waals surface area contributed by atoms with Crippen molar-refractivity contribution >= 4 is 17.3 Å². The Bertz CT molecular complexity index is 636. The van der Waals surface area contributed by atoms with Crippen LogP contribution in [0.4, 0.5) is 5.69 Å². The summed E-state index contributed by atoms with van der Waals surface area (Å²) in [5, 5.41) is 4.17. The van der Waals surface area contributed by atoms with Gasteiger partial charge in [0.25, 0.3) is 0 Å². The van der Waals surface area contributed by atoms with Gasteiger partial charge in [-0.3, -0.25) is 0 Å². The Kier molecular flexibility index (Phi) is 5.42. The maximum Gasteiger partial charge on any atom is 0.119 e. The van der Waals surface area contributed by atoms with Crippen LogP contribution in [0, 0.1) is 6.92 Å². The van der Waals surface area contributed by atoms with E-state index >= 15 is 0 Å². The molecule has 0 saturated carbocycles. The molecule has 0 amide bonds. The maximum atomic E-state index is 6.14. The topological polar surface area (TPSA) is 30.5 Å². The fraction of sp³-hybridized carbons (Fsp3) is 0.368. The van der Waals surface area contributed by atoms with E-state index in [0.717, 1.165) is 48.0 Å². The van der Waals surface area contributed by atoms with Gasteiger partial charge in [0.2, 0.25) is 0 Å². The first-order valence-corrected chi connectivity index (χ1v) is 8.42. The monoisotopic (exact) mass is 331 g/mol. The predicted octanol–water partition coefficient (Wildman–Crippen LogP) is 4.82. The zero-order valence-electron chi connectivity index (χ0n) is 13.3. The predicted molar refractivity (Wildman–Crippen MR) is 94.4 cm³/mol. The zero-order chi connectivity index (χ0) is 16.1. The lowest BCUT2D eigenvalue weighted by Gasteiger charge is -2.12. The summed E-state index contributed by atoms with van der Waals surface area (Å²) >= 11 is 6.14. The van der Waals surface area contributed by atoms with Crippen molar-refractivity contribution in [1.29, 1.82) is 0 Å². The van der Waals surface area contributed by atoms with Crippen LogP contribution in [0.3, 0.4) is 0 Å². The molecule has 122 valence electrons. The normalized spacial score (nSPS) is 17.2. The van der Waals surface area contributed by atoms with Gasteiger partial charge in [0.15, 0.2) is 0 Å². The first-order chi connectivity index (χ1) is 11.2. The summed E-state index contributed by atoms with van der Waals surface area (Å²) in [5.41, 5.74) is 3.32. The summed E-state index contributed by atoms with van der Waals surface area (Å²) in [6.45, 7) is 4.26. The van der Waals surface area contributed by atoms with Gasteiger partial charge in [-0.05, 0) is 55.2 Å². The van der Waals surface area contributed by atoms with Gasteiger partial charge in [-0.15, -0.1) is 0 Å². The molecule has 1 N–H and O–H groups in total. The molecule has 0 radical (unpaired) electrons. The zero-order valence-corrected chi connectivity index (χ0v) is 14.1. The van der Waals surface area contributed by atoms with E-state index in [1.54, 1.807) is 0 Å². The second-order valence-corrected chi connectivity index (χ2v) is 6.31. The molecule has 23 heavy (non-hydrogen) atoms. The highest BCUT2D eigenvalue weighted by Gasteiger charge is 2.15. The summed E-state index contributed by atoms with van der Waals surface area (Å²) in [6.07, 6.45) is 2.49. The van der Waals surface area contributed by atoms with Crippen LogP contribution in [0.25, 0.3) is 0 Å². The Balaban J connectivity index is 1.49. The van der Waals surface area contributed by atoms with E-state index in [0.29, 0.717) is 6.61 Å². The highest BCUT2D eigenvalue weighted by Crippen LogP contribution is 2.21. The minimum absolute atomic E-state index is 0.252. The van der Waals surface area contributed by atoms with E-state index < -0.39 is 0 Å². The molecule has 2 aromatic rings. The SMILES string of the molecule is Cc1ccc(NCc2ccc(OCC3CCCO3)cc2)cc1Cl. The van der Waals surface area contributed by atoms with E-state index in [-0.39, 0.29) is 6.10 Å². The number of nitrogens with one attached hydrogen (secondary N) is 1. The largest absolute Gasteiger partial charge is 0.491 e. The Labute approximate surface area is 142 Å². The molecule has 4 heteroatoms. The minimum Gasteiger partial charge on any atom is -0.491 e. The number of anilines is 1. The lowest BCUT2D eigenvalue weighted by molar-refractivity contribution is 0.0679. The van der Waals surface area contributed by atoms with Crippen LogP contribution in [0.5, 0.6) is 5.75 Å². The van der Waals surface area contributed by atoms with E-state index in [1.807, 2.05) is 37.3 Å². The quantitative estimate of drug-likeness (QED) is 0.823. The Morgan fingerprint density at radius 3 is 2.74 bits per heavy atom. The van der Waals surface area contributed by atoms with Gasteiger partial charge >= 0.3 is 0 Å². The van der Waals surface area contributed by atoms with Crippen molar-refractivity contribution < 1.29 is 9.47 Å². The van der Waals surface area contributed by atoms with E-state index in [4.69, 9.17) is 21.1 Å². The molecule has 1 aliphatic heterocycles. The molecule has 1 aliphatic rings. The molecule has 1 atom stereocenters. The second-order valence-electron chi connectivity index (χ2n) is 5.91. The van der Waals surface area contributed by atoms with E-state index in [2.05, 4.69) is 17.4 Å². The van der Waals surface area contributed by atoms with Gasteiger partial charge in [0.1, 0.15) is 12.4 Å². The van der Waals surface area contributed by atoms with Crippen molar-refractivity contribution in [3.8, 4) is 5.75 Å². The Morgan fingerprint density at radius 1 is 1.22 bits per heavy atom. The van der Waals surface area contributed by atoms with Crippen LogP contribution in [0.2, 0.25) is 5.02 Å². The molecule has 1 unspecified atom stereocenters. The molecule has 2 aromatic carbocycles. The van der Waals surface area contributed by atoms with Gasteiger partial charge < -0.3 is 14.8 Å². The summed E-state index contributed by atoms with van der Waals surface area (Å²) < 4.78 is 11.3. The molecular formula is C19H22ClNO2. The summed E-state index contributed by atoms with van der Waals surface area (Å²) in [7, 11) is 0. The van der Waals surface area contributed by atoms with Crippen molar-refractivity contribution in [2.75, 3.05) is 18.5 Å². The van der Waals surface area contributed by atoms with Crippen LogP contribution < -0.4 is 10.1 Å². The third kappa shape index (κ3) is 4.63. The Morgan fingerprint density at radius 2 is 2.04 bits per heavy atom. The molecule has 1 saturated heterocycles. The van der Waals surface area contributed by atoms with Crippen molar-refractivity contribution in [2.24, 2.45) is 0 Å². The lowest BCUT2D eigenvalue weighted by Crippen LogP contribution is -2.16. The highest BCUT2D eigenvalue weighted by atomic mass is 35.5. The van der Waals surface area contributed by atoms with Gasteiger partial charge in [-0.1, -0.05) is 29.8 Å². The third-order valence-electron chi connectivity index (χ3n) is 4.05. The van der Waals surface area contributed by atoms with Crippen molar-refractivity contribution in [3.63, 3.8) is 0 Å². The summed E-state index contributed by atoms with van der Waals surface area (Å²) in [5.74, 6) is 0.891. The van der Waals surface area contributed by atoms with Gasteiger partial charge in [0.05, 0.1) is 6.10 Å². The van der Waals surface area contributed by atoms with Crippen molar-refractivity contribution in [1.82, 2.24) is 0 Å². The van der Waals surface area contributed by atoms with Gasteiger partial charge in [-0.25, -0.2) is 0 Å². The molecule has 3 nitrogen and oxygen atoms in total. The van der Waals surface area contributed by atoms with E-state index in [9.17, 15) is 0 Å². The van der Waals surface area contributed by atoms with Crippen molar-refractivity contribution in [3.05, 3.63) is 58.6 Å².